The molecule has 0 spiro atoms. The van der Waals surface area contributed by atoms with Crippen LogP contribution < -0.4 is 25.0 Å². The minimum atomic E-state index is -0.740. The van der Waals surface area contributed by atoms with E-state index in [-0.39, 0.29) is 24.1 Å². The Balaban J connectivity index is 1.82. The minimum Gasteiger partial charge on any atom is -0.497 e. The van der Waals surface area contributed by atoms with Gasteiger partial charge in [-0.1, -0.05) is 0 Å². The number of nitrogens with one attached hydrogen (secondary N) is 2. The highest BCUT2D eigenvalue weighted by Crippen LogP contribution is 2.32. The highest BCUT2D eigenvalue weighted by Gasteiger charge is 2.39. The maximum absolute atomic E-state index is 12.8. The van der Waals surface area contributed by atoms with Crippen LogP contribution in [0, 0.1) is 0 Å². The Kier molecular flexibility index (Phi) is 5.49. The third-order valence-electron chi connectivity index (χ3n) is 4.33. The van der Waals surface area contributed by atoms with Gasteiger partial charge in [0.25, 0.3) is 5.91 Å². The van der Waals surface area contributed by atoms with Gasteiger partial charge < -0.3 is 20.1 Å². The fraction of sp³-hybridized carbons (Fsp3) is 0.250. The molecule has 0 aromatic heterocycles. The second-order valence-electron chi connectivity index (χ2n) is 6.26. The third kappa shape index (κ3) is 3.90. The third-order valence-corrected chi connectivity index (χ3v) is 4.33. The first kappa shape index (κ1) is 19.2. The Morgan fingerprint density at radius 2 is 1.79 bits per heavy atom. The molecule has 0 radical (unpaired) electrons. The van der Waals surface area contributed by atoms with E-state index in [1.807, 2.05) is 0 Å². The molecule has 1 heterocycles. The summed E-state index contributed by atoms with van der Waals surface area (Å²) >= 11 is 0. The number of rotatable bonds is 6. The Labute approximate surface area is 162 Å². The van der Waals surface area contributed by atoms with Gasteiger partial charge in [-0.05, 0) is 42.5 Å². The Morgan fingerprint density at radius 1 is 1.07 bits per heavy atom. The van der Waals surface area contributed by atoms with E-state index in [1.165, 1.54) is 14.0 Å². The van der Waals surface area contributed by atoms with E-state index < -0.39 is 6.04 Å². The number of anilines is 3. The lowest BCUT2D eigenvalue weighted by atomic mass is 10.2. The van der Waals surface area contributed by atoms with Crippen molar-refractivity contribution >= 4 is 34.8 Å². The molecule has 8 heteroatoms. The summed E-state index contributed by atoms with van der Waals surface area (Å²) in [5, 5.41) is 5.74. The van der Waals surface area contributed by atoms with E-state index in [1.54, 1.807) is 49.6 Å². The highest BCUT2D eigenvalue weighted by atomic mass is 16.5. The maximum Gasteiger partial charge on any atom is 0.256 e. The number of hydrogen-bond acceptors (Lipinski definition) is 6. The highest BCUT2D eigenvalue weighted by molar-refractivity contribution is 6.23. The van der Waals surface area contributed by atoms with Gasteiger partial charge in [-0.2, -0.15) is 0 Å². The van der Waals surface area contributed by atoms with Gasteiger partial charge in [0.2, 0.25) is 11.8 Å². The molecule has 2 N–H and O–H groups in total. The molecule has 1 fully saturated rings. The molecule has 1 saturated heterocycles. The number of nitrogens with zero attached hydrogens (tertiary/aromatic N) is 1. The molecule has 1 aliphatic rings. The zero-order chi connectivity index (χ0) is 20.3. The number of ether oxygens (including phenoxy) is 2. The summed E-state index contributed by atoms with van der Waals surface area (Å²) in [4.78, 5) is 37.7. The molecule has 0 aliphatic carbocycles. The average Bonchev–Trinajstić information content (AvgIpc) is 2.95. The van der Waals surface area contributed by atoms with E-state index in [9.17, 15) is 14.4 Å². The van der Waals surface area contributed by atoms with Crippen LogP contribution in [0.3, 0.4) is 0 Å². The molecule has 2 aromatic rings. The van der Waals surface area contributed by atoms with Crippen LogP contribution in [0.1, 0.15) is 13.3 Å². The molecule has 1 aliphatic heterocycles. The summed E-state index contributed by atoms with van der Waals surface area (Å²) in [6.07, 6.45) is 0.0123. The van der Waals surface area contributed by atoms with E-state index in [0.717, 1.165) is 4.90 Å². The first-order valence-corrected chi connectivity index (χ1v) is 8.66. The Morgan fingerprint density at radius 3 is 2.39 bits per heavy atom. The van der Waals surface area contributed by atoms with Crippen LogP contribution in [0.2, 0.25) is 0 Å². The summed E-state index contributed by atoms with van der Waals surface area (Å²) in [5.74, 6) is 0.259. The van der Waals surface area contributed by atoms with Gasteiger partial charge in [0.05, 0.1) is 32.0 Å². The molecule has 1 atom stereocenters. The molecular formula is C20H21N3O5. The van der Waals surface area contributed by atoms with Crippen molar-refractivity contribution in [2.24, 2.45) is 0 Å². The van der Waals surface area contributed by atoms with Crippen LogP contribution in [-0.2, 0) is 14.4 Å². The normalized spacial score (nSPS) is 16.1. The fourth-order valence-electron chi connectivity index (χ4n) is 3.04. The smallest absolute Gasteiger partial charge is 0.256 e. The van der Waals surface area contributed by atoms with Crippen LogP contribution in [0.4, 0.5) is 17.1 Å². The first-order chi connectivity index (χ1) is 13.4. The Bertz CT molecular complexity index is 911. The molecule has 3 amide bonds. The predicted octanol–water partition coefficient (Wildman–Crippen LogP) is 2.41. The van der Waals surface area contributed by atoms with Crippen molar-refractivity contribution in [3.8, 4) is 11.5 Å². The summed E-state index contributed by atoms with van der Waals surface area (Å²) in [7, 11) is 3.05. The fourth-order valence-corrected chi connectivity index (χ4v) is 3.04. The van der Waals surface area contributed by atoms with Gasteiger partial charge in [0, 0.05) is 12.6 Å². The van der Waals surface area contributed by atoms with Crippen molar-refractivity contribution < 1.29 is 23.9 Å². The summed E-state index contributed by atoms with van der Waals surface area (Å²) in [5.41, 5.74) is 1.55. The lowest BCUT2D eigenvalue weighted by molar-refractivity contribution is -0.121. The van der Waals surface area contributed by atoms with Gasteiger partial charge in [0.1, 0.15) is 17.5 Å². The molecule has 8 nitrogen and oxygen atoms in total. The molecule has 3 rings (SSSR count). The number of benzene rings is 2. The summed E-state index contributed by atoms with van der Waals surface area (Å²) in [6, 6.07) is 11.0. The molecular weight excluding hydrogens is 362 g/mol. The molecule has 0 unspecified atom stereocenters. The van der Waals surface area contributed by atoms with Gasteiger partial charge in [0.15, 0.2) is 0 Å². The van der Waals surface area contributed by atoms with Gasteiger partial charge in [-0.3, -0.25) is 14.4 Å². The van der Waals surface area contributed by atoms with Crippen molar-refractivity contribution in [2.45, 2.75) is 19.4 Å². The second-order valence-corrected chi connectivity index (χ2v) is 6.26. The van der Waals surface area contributed by atoms with Crippen LogP contribution in [0.5, 0.6) is 11.5 Å². The van der Waals surface area contributed by atoms with Crippen LogP contribution >= 0.6 is 0 Å². The van der Waals surface area contributed by atoms with Gasteiger partial charge in [-0.25, -0.2) is 4.90 Å². The number of imide groups is 1. The quantitative estimate of drug-likeness (QED) is 0.744. The van der Waals surface area contributed by atoms with Crippen molar-refractivity contribution in [1.29, 1.82) is 0 Å². The molecule has 28 heavy (non-hydrogen) atoms. The van der Waals surface area contributed by atoms with E-state index in [2.05, 4.69) is 10.6 Å². The number of amides is 3. The van der Waals surface area contributed by atoms with Crippen LogP contribution in [-0.4, -0.2) is 38.0 Å². The predicted molar refractivity (Wildman–Crippen MR) is 105 cm³/mol. The van der Waals surface area contributed by atoms with Crippen molar-refractivity contribution in [2.75, 3.05) is 29.8 Å². The summed E-state index contributed by atoms with van der Waals surface area (Å²) < 4.78 is 10.4. The van der Waals surface area contributed by atoms with E-state index >= 15 is 0 Å². The second kappa shape index (κ2) is 7.99. The van der Waals surface area contributed by atoms with Crippen molar-refractivity contribution in [1.82, 2.24) is 0 Å². The number of carbonyl (C=O) groups excluding carboxylic acids is 3. The van der Waals surface area contributed by atoms with Gasteiger partial charge >= 0.3 is 0 Å². The standard InChI is InChI=1S/C20H21N3O5/c1-12(24)21-13-4-9-18(28-3)16(10-13)22-17-11-19(25)23(20(17)26)14-5-7-15(27-2)8-6-14/h4-10,17,22H,11H2,1-3H3,(H,21,24)/t17-/m0/s1. The van der Waals surface area contributed by atoms with Crippen LogP contribution in [0.15, 0.2) is 42.5 Å². The van der Waals surface area contributed by atoms with Crippen LogP contribution in [0.25, 0.3) is 0 Å². The largest absolute Gasteiger partial charge is 0.497 e. The SMILES string of the molecule is COc1ccc(N2C(=O)C[C@H](Nc3cc(NC(C)=O)ccc3OC)C2=O)cc1. The molecule has 146 valence electrons. The molecule has 0 bridgehead atoms. The molecule has 2 aromatic carbocycles. The monoisotopic (exact) mass is 383 g/mol. The Hall–Kier alpha value is -3.55. The number of hydrogen-bond donors (Lipinski definition) is 2. The number of methoxy groups -OCH3 is 2. The van der Waals surface area contributed by atoms with Crippen molar-refractivity contribution in [3.63, 3.8) is 0 Å². The minimum absolute atomic E-state index is 0.0123. The molecule has 0 saturated carbocycles. The van der Waals surface area contributed by atoms with Crippen molar-refractivity contribution in [3.05, 3.63) is 42.5 Å². The zero-order valence-electron chi connectivity index (χ0n) is 15.8. The maximum atomic E-state index is 12.8. The van der Waals surface area contributed by atoms with Gasteiger partial charge in [-0.15, -0.1) is 0 Å². The number of carbonyl (C=O) groups is 3. The van der Waals surface area contributed by atoms with E-state index in [0.29, 0.717) is 28.6 Å². The van der Waals surface area contributed by atoms with E-state index in [4.69, 9.17) is 9.47 Å². The lowest BCUT2D eigenvalue weighted by Crippen LogP contribution is -2.34. The lowest BCUT2D eigenvalue weighted by Gasteiger charge is -2.18. The average molecular weight is 383 g/mol. The summed E-state index contributed by atoms with van der Waals surface area (Å²) in [6.45, 7) is 1.41. The first-order valence-electron chi connectivity index (χ1n) is 8.66. The topological polar surface area (TPSA) is 97.0 Å². The zero-order valence-corrected chi connectivity index (χ0v) is 15.8.